The first-order chi connectivity index (χ1) is 9.86. The Morgan fingerprint density at radius 3 is 2.52 bits per heavy atom. The van der Waals surface area contributed by atoms with Gasteiger partial charge in [0.1, 0.15) is 0 Å². The molecule has 21 heavy (non-hydrogen) atoms. The lowest BCUT2D eigenvalue weighted by atomic mass is 10.1. The van der Waals surface area contributed by atoms with Gasteiger partial charge in [-0.25, -0.2) is 12.7 Å². The van der Waals surface area contributed by atoms with Crippen molar-refractivity contribution in [1.29, 1.82) is 0 Å². The number of benzene rings is 1. The monoisotopic (exact) mass is 374 g/mol. The van der Waals surface area contributed by atoms with E-state index in [1.54, 1.807) is 13.1 Å². The van der Waals surface area contributed by atoms with E-state index in [0.29, 0.717) is 23.9 Å². The van der Waals surface area contributed by atoms with Gasteiger partial charge in [0.05, 0.1) is 4.90 Å². The summed E-state index contributed by atoms with van der Waals surface area (Å²) in [6, 6.07) is 3.58. The molecule has 0 bridgehead atoms. The summed E-state index contributed by atoms with van der Waals surface area (Å²) in [4.78, 5) is 0.359. The molecule has 0 saturated heterocycles. The van der Waals surface area contributed by atoms with Crippen LogP contribution in [0, 0.1) is 12.8 Å². The minimum absolute atomic E-state index is 0.327. The molecule has 0 spiro atoms. The molecule has 2 rings (SSSR count). The quantitative estimate of drug-likeness (QED) is 0.861. The molecule has 0 amide bonds. The zero-order chi connectivity index (χ0) is 15.6. The first-order valence-electron chi connectivity index (χ1n) is 7.31. The smallest absolute Gasteiger partial charge is 0.243 e. The summed E-state index contributed by atoms with van der Waals surface area (Å²) in [5.74, 6) is 0.492. The second kappa shape index (κ2) is 6.77. The van der Waals surface area contributed by atoms with E-state index < -0.39 is 10.0 Å². The number of hydrogen-bond acceptors (Lipinski definition) is 3. The van der Waals surface area contributed by atoms with Gasteiger partial charge in [0.15, 0.2) is 0 Å². The third kappa shape index (κ3) is 3.67. The zero-order valence-electron chi connectivity index (χ0n) is 12.6. The lowest BCUT2D eigenvalue weighted by Gasteiger charge is -2.22. The summed E-state index contributed by atoms with van der Waals surface area (Å²) < 4.78 is 27.9. The molecule has 1 aliphatic rings. The van der Waals surface area contributed by atoms with Crippen LogP contribution in [0.25, 0.3) is 0 Å². The molecule has 0 heterocycles. The van der Waals surface area contributed by atoms with E-state index in [2.05, 4.69) is 15.9 Å². The lowest BCUT2D eigenvalue weighted by Crippen LogP contribution is -2.31. The van der Waals surface area contributed by atoms with E-state index in [4.69, 9.17) is 5.73 Å². The van der Waals surface area contributed by atoms with Crippen molar-refractivity contribution in [1.82, 2.24) is 4.31 Å². The fourth-order valence-electron chi connectivity index (χ4n) is 2.92. The van der Waals surface area contributed by atoms with Crippen LogP contribution in [0.2, 0.25) is 0 Å². The second-order valence-corrected chi connectivity index (χ2v) is 8.71. The van der Waals surface area contributed by atoms with Crippen LogP contribution in [0.3, 0.4) is 0 Å². The molecule has 1 aliphatic carbocycles. The highest BCUT2D eigenvalue weighted by Gasteiger charge is 2.27. The second-order valence-electron chi connectivity index (χ2n) is 5.84. The fraction of sp³-hybridized carbons (Fsp3) is 0.600. The molecule has 0 unspecified atom stereocenters. The van der Waals surface area contributed by atoms with Gasteiger partial charge in [-0.05, 0) is 48.9 Å². The van der Waals surface area contributed by atoms with Crippen LogP contribution in [0.15, 0.2) is 21.5 Å². The Kier molecular flexibility index (Phi) is 5.46. The molecular formula is C15H23BrN2O2S. The summed E-state index contributed by atoms with van der Waals surface area (Å²) in [6.07, 6.45) is 4.69. The number of hydrogen-bond donors (Lipinski definition) is 1. The molecule has 0 atom stereocenters. The van der Waals surface area contributed by atoms with Crippen molar-refractivity contribution in [2.24, 2.45) is 11.7 Å². The van der Waals surface area contributed by atoms with E-state index in [1.165, 1.54) is 17.1 Å². The van der Waals surface area contributed by atoms with Crippen LogP contribution in [0.1, 0.15) is 36.8 Å². The minimum Gasteiger partial charge on any atom is -0.326 e. The van der Waals surface area contributed by atoms with Gasteiger partial charge in [0.25, 0.3) is 0 Å². The Morgan fingerprint density at radius 1 is 1.33 bits per heavy atom. The molecule has 4 nitrogen and oxygen atoms in total. The molecule has 1 saturated carbocycles. The van der Waals surface area contributed by atoms with Crippen LogP contribution in [-0.2, 0) is 16.6 Å². The molecule has 0 aliphatic heterocycles. The molecule has 2 N–H and O–H groups in total. The van der Waals surface area contributed by atoms with E-state index in [0.717, 1.165) is 28.4 Å². The maximum Gasteiger partial charge on any atom is 0.243 e. The molecular weight excluding hydrogens is 352 g/mol. The van der Waals surface area contributed by atoms with Crippen LogP contribution < -0.4 is 5.73 Å². The lowest BCUT2D eigenvalue weighted by molar-refractivity contribution is 0.387. The van der Waals surface area contributed by atoms with Crippen LogP contribution >= 0.6 is 15.9 Å². The maximum absolute atomic E-state index is 12.8. The van der Waals surface area contributed by atoms with E-state index in [-0.39, 0.29) is 0 Å². The van der Waals surface area contributed by atoms with Crippen LogP contribution in [0.4, 0.5) is 0 Å². The zero-order valence-corrected chi connectivity index (χ0v) is 15.0. The van der Waals surface area contributed by atoms with Crippen molar-refractivity contribution in [2.75, 3.05) is 13.6 Å². The summed E-state index contributed by atoms with van der Waals surface area (Å²) in [5.41, 5.74) is 7.22. The summed E-state index contributed by atoms with van der Waals surface area (Å²) in [5, 5.41) is 0. The van der Waals surface area contributed by atoms with Gasteiger partial charge >= 0.3 is 0 Å². The Labute approximate surface area is 135 Å². The summed E-state index contributed by atoms with van der Waals surface area (Å²) in [6.45, 7) is 2.75. The number of nitrogens with two attached hydrogens (primary N) is 1. The van der Waals surface area contributed by atoms with Crippen molar-refractivity contribution in [3.63, 3.8) is 0 Å². The first-order valence-corrected chi connectivity index (χ1v) is 9.55. The molecule has 1 aromatic rings. The predicted molar refractivity (Wildman–Crippen MR) is 88.5 cm³/mol. The Bertz CT molecular complexity index is 610. The molecule has 0 aromatic heterocycles. The van der Waals surface area contributed by atoms with Gasteiger partial charge in [-0.1, -0.05) is 28.8 Å². The van der Waals surface area contributed by atoms with Gasteiger partial charge in [-0.15, -0.1) is 0 Å². The van der Waals surface area contributed by atoms with E-state index in [1.807, 2.05) is 13.0 Å². The van der Waals surface area contributed by atoms with Gasteiger partial charge < -0.3 is 5.73 Å². The van der Waals surface area contributed by atoms with E-state index in [9.17, 15) is 8.42 Å². The Morgan fingerprint density at radius 2 is 1.95 bits per heavy atom. The topological polar surface area (TPSA) is 63.4 Å². The van der Waals surface area contributed by atoms with Gasteiger partial charge in [-0.2, -0.15) is 0 Å². The largest absolute Gasteiger partial charge is 0.326 e. The third-order valence-electron chi connectivity index (χ3n) is 4.27. The van der Waals surface area contributed by atoms with Crippen molar-refractivity contribution < 1.29 is 8.42 Å². The third-order valence-corrected chi connectivity index (χ3v) is 7.04. The van der Waals surface area contributed by atoms with Crippen molar-refractivity contribution >= 4 is 26.0 Å². The average Bonchev–Trinajstić information content (AvgIpc) is 2.94. The average molecular weight is 375 g/mol. The minimum atomic E-state index is -3.46. The van der Waals surface area contributed by atoms with Crippen molar-refractivity contribution in [2.45, 2.75) is 44.0 Å². The van der Waals surface area contributed by atoms with E-state index >= 15 is 0 Å². The standard InChI is InChI=1S/C15H23BrN2O2S/c1-11-14(16)7-13(9-17)8-15(11)21(19,20)18(2)10-12-5-3-4-6-12/h7-8,12H,3-6,9-10,17H2,1-2H3. The summed E-state index contributed by atoms with van der Waals surface area (Å²) in [7, 11) is -1.79. The number of sulfonamides is 1. The number of rotatable bonds is 5. The summed E-state index contributed by atoms with van der Waals surface area (Å²) >= 11 is 3.43. The SMILES string of the molecule is Cc1c(Br)cc(CN)cc1S(=O)(=O)N(C)CC1CCCC1. The van der Waals surface area contributed by atoms with Crippen molar-refractivity contribution in [3.05, 3.63) is 27.7 Å². The molecule has 6 heteroatoms. The fourth-order valence-corrected chi connectivity index (χ4v) is 5.09. The Hall–Kier alpha value is -0.430. The normalized spacial score (nSPS) is 16.8. The Balaban J connectivity index is 2.31. The van der Waals surface area contributed by atoms with Gasteiger partial charge in [0.2, 0.25) is 10.0 Å². The highest BCUT2D eigenvalue weighted by molar-refractivity contribution is 9.10. The van der Waals surface area contributed by atoms with Gasteiger partial charge in [-0.3, -0.25) is 0 Å². The predicted octanol–water partition coefficient (Wildman–Crippen LogP) is 3.03. The van der Waals surface area contributed by atoms with Crippen LogP contribution in [-0.4, -0.2) is 26.3 Å². The van der Waals surface area contributed by atoms with Crippen LogP contribution in [0.5, 0.6) is 0 Å². The first kappa shape index (κ1) is 16.9. The molecule has 1 aromatic carbocycles. The molecule has 0 radical (unpaired) electrons. The maximum atomic E-state index is 12.8. The molecule has 1 fully saturated rings. The molecule has 118 valence electrons. The highest BCUT2D eigenvalue weighted by Crippen LogP contribution is 2.30. The van der Waals surface area contributed by atoms with Crippen molar-refractivity contribution in [3.8, 4) is 0 Å². The van der Waals surface area contributed by atoms with Gasteiger partial charge in [0, 0.05) is 24.6 Å². The highest BCUT2D eigenvalue weighted by atomic mass is 79.9. The number of nitrogens with zero attached hydrogens (tertiary/aromatic N) is 1. The number of halogens is 1.